The Morgan fingerprint density at radius 1 is 1.39 bits per heavy atom. The van der Waals surface area contributed by atoms with Gasteiger partial charge in [0.1, 0.15) is 5.75 Å². The molecule has 0 aliphatic heterocycles. The van der Waals surface area contributed by atoms with Crippen LogP contribution < -0.4 is 10.1 Å². The first kappa shape index (κ1) is 15.1. The predicted molar refractivity (Wildman–Crippen MR) is 74.5 cm³/mol. The van der Waals surface area contributed by atoms with Gasteiger partial charge in [-0.25, -0.2) is 0 Å². The smallest absolute Gasteiger partial charge is 0.257 e. The minimum Gasteiger partial charge on any atom is -0.484 e. The van der Waals surface area contributed by atoms with Crippen molar-refractivity contribution in [2.45, 2.75) is 25.1 Å². The molecular formula is C13H17Cl2NO2. The van der Waals surface area contributed by atoms with Crippen LogP contribution in [0.25, 0.3) is 0 Å². The first-order valence-electron chi connectivity index (χ1n) is 5.91. The van der Waals surface area contributed by atoms with Gasteiger partial charge in [0.25, 0.3) is 5.91 Å². The van der Waals surface area contributed by atoms with Crippen LogP contribution in [0.15, 0.2) is 24.3 Å². The molecule has 1 unspecified atom stereocenters. The highest BCUT2D eigenvalue weighted by atomic mass is 35.5. The third-order valence-electron chi connectivity index (χ3n) is 2.31. The molecule has 0 saturated heterocycles. The molecule has 5 heteroatoms. The molecule has 1 rings (SSSR count). The van der Waals surface area contributed by atoms with Gasteiger partial charge in [-0.15, -0.1) is 11.6 Å². The van der Waals surface area contributed by atoms with Crippen molar-refractivity contribution in [2.75, 3.05) is 13.2 Å². The minimum absolute atomic E-state index is 0.0165. The predicted octanol–water partition coefficient (Wildman–Crippen LogP) is 3.24. The lowest BCUT2D eigenvalue weighted by atomic mass is 10.2. The number of rotatable bonds is 7. The summed E-state index contributed by atoms with van der Waals surface area (Å²) < 4.78 is 5.30. The zero-order valence-electron chi connectivity index (χ0n) is 10.3. The molecule has 0 heterocycles. The second kappa shape index (κ2) is 8.22. The number of ether oxygens (including phenoxy) is 1. The Labute approximate surface area is 117 Å². The average Bonchev–Trinajstić information content (AvgIpc) is 2.36. The van der Waals surface area contributed by atoms with E-state index >= 15 is 0 Å². The summed E-state index contributed by atoms with van der Waals surface area (Å²) in [4.78, 5) is 11.5. The van der Waals surface area contributed by atoms with Crippen molar-refractivity contribution in [3.63, 3.8) is 0 Å². The molecule has 1 amide bonds. The summed E-state index contributed by atoms with van der Waals surface area (Å²) in [5.74, 6) is 0.442. The Kier molecular flexibility index (Phi) is 6.91. The van der Waals surface area contributed by atoms with Crippen LogP contribution in [0.3, 0.4) is 0 Å². The highest BCUT2D eigenvalue weighted by molar-refractivity contribution is 6.30. The fourth-order valence-corrected chi connectivity index (χ4v) is 1.79. The number of halogens is 2. The van der Waals surface area contributed by atoms with E-state index in [0.717, 1.165) is 12.8 Å². The first-order chi connectivity index (χ1) is 8.61. The van der Waals surface area contributed by atoms with Crippen molar-refractivity contribution in [1.82, 2.24) is 5.32 Å². The van der Waals surface area contributed by atoms with Crippen LogP contribution in [0, 0.1) is 0 Å². The molecule has 1 aromatic rings. The Morgan fingerprint density at radius 3 is 2.67 bits per heavy atom. The number of nitrogens with one attached hydrogen (secondary N) is 1. The van der Waals surface area contributed by atoms with Crippen molar-refractivity contribution < 1.29 is 9.53 Å². The maximum Gasteiger partial charge on any atom is 0.257 e. The zero-order chi connectivity index (χ0) is 13.4. The van der Waals surface area contributed by atoms with Gasteiger partial charge in [-0.3, -0.25) is 4.79 Å². The van der Waals surface area contributed by atoms with Gasteiger partial charge in [-0.05, 0) is 30.7 Å². The quantitative estimate of drug-likeness (QED) is 0.783. The molecule has 1 atom stereocenters. The molecule has 100 valence electrons. The summed E-state index contributed by atoms with van der Waals surface area (Å²) in [7, 11) is 0. The minimum atomic E-state index is -0.174. The van der Waals surface area contributed by atoms with E-state index in [1.54, 1.807) is 24.3 Å². The van der Waals surface area contributed by atoms with Crippen LogP contribution in [-0.4, -0.2) is 24.4 Å². The maximum absolute atomic E-state index is 11.5. The summed E-state index contributed by atoms with van der Waals surface area (Å²) in [5, 5.41) is 3.34. The molecule has 18 heavy (non-hydrogen) atoms. The number of alkyl halides is 1. The van der Waals surface area contributed by atoms with Crippen LogP contribution in [0.5, 0.6) is 5.75 Å². The molecule has 0 aliphatic carbocycles. The summed E-state index contributed by atoms with van der Waals surface area (Å²) in [5.41, 5.74) is 0. The molecule has 3 nitrogen and oxygen atoms in total. The van der Waals surface area contributed by atoms with E-state index in [0.29, 0.717) is 17.3 Å². The van der Waals surface area contributed by atoms with E-state index < -0.39 is 0 Å². The Balaban J connectivity index is 2.22. The van der Waals surface area contributed by atoms with E-state index in [-0.39, 0.29) is 17.9 Å². The molecule has 1 aromatic carbocycles. The van der Waals surface area contributed by atoms with E-state index in [1.807, 2.05) is 0 Å². The molecule has 0 spiro atoms. The van der Waals surface area contributed by atoms with Crippen molar-refractivity contribution in [3.8, 4) is 5.75 Å². The third kappa shape index (κ3) is 6.12. The lowest BCUT2D eigenvalue weighted by Gasteiger charge is -2.10. The number of benzene rings is 1. The Hall–Kier alpha value is -0.930. The molecule has 0 fully saturated rings. The highest BCUT2D eigenvalue weighted by Gasteiger charge is 2.07. The standard InChI is InChI=1S/C13H17Cl2NO2/c1-2-3-11(15)8-16-13(17)9-18-12-6-4-10(14)5-7-12/h4-7,11H,2-3,8-9H2,1H3,(H,16,17). The first-order valence-corrected chi connectivity index (χ1v) is 6.72. The van der Waals surface area contributed by atoms with E-state index in [9.17, 15) is 4.79 Å². The van der Waals surface area contributed by atoms with Crippen molar-refractivity contribution >= 4 is 29.1 Å². The molecule has 0 aliphatic rings. The van der Waals surface area contributed by atoms with Gasteiger partial charge in [0, 0.05) is 11.6 Å². The van der Waals surface area contributed by atoms with Crippen LogP contribution in [0.1, 0.15) is 19.8 Å². The Morgan fingerprint density at radius 2 is 2.06 bits per heavy atom. The van der Waals surface area contributed by atoms with Crippen LogP contribution in [-0.2, 0) is 4.79 Å². The molecule has 0 radical (unpaired) electrons. The van der Waals surface area contributed by atoms with Gasteiger partial charge in [0.05, 0.1) is 5.38 Å². The van der Waals surface area contributed by atoms with Crippen LogP contribution >= 0.6 is 23.2 Å². The van der Waals surface area contributed by atoms with E-state index in [2.05, 4.69) is 12.2 Å². The van der Waals surface area contributed by atoms with Gasteiger partial charge < -0.3 is 10.1 Å². The number of hydrogen-bond acceptors (Lipinski definition) is 2. The van der Waals surface area contributed by atoms with Gasteiger partial charge in [-0.2, -0.15) is 0 Å². The molecular weight excluding hydrogens is 273 g/mol. The van der Waals surface area contributed by atoms with Gasteiger partial charge >= 0.3 is 0 Å². The average molecular weight is 290 g/mol. The molecule has 1 N–H and O–H groups in total. The molecule has 0 saturated carbocycles. The SMILES string of the molecule is CCCC(Cl)CNC(=O)COc1ccc(Cl)cc1. The largest absolute Gasteiger partial charge is 0.484 e. The van der Waals surface area contributed by atoms with Gasteiger partial charge in [0.15, 0.2) is 6.61 Å². The summed E-state index contributed by atoms with van der Waals surface area (Å²) in [6.07, 6.45) is 1.89. The van der Waals surface area contributed by atoms with E-state index in [4.69, 9.17) is 27.9 Å². The third-order valence-corrected chi connectivity index (χ3v) is 2.93. The van der Waals surface area contributed by atoms with Crippen molar-refractivity contribution in [3.05, 3.63) is 29.3 Å². The van der Waals surface area contributed by atoms with Crippen molar-refractivity contribution in [1.29, 1.82) is 0 Å². The lowest BCUT2D eigenvalue weighted by Crippen LogP contribution is -2.33. The second-order valence-electron chi connectivity index (χ2n) is 3.93. The topological polar surface area (TPSA) is 38.3 Å². The monoisotopic (exact) mass is 289 g/mol. The highest BCUT2D eigenvalue weighted by Crippen LogP contribution is 2.15. The normalized spacial score (nSPS) is 11.9. The van der Waals surface area contributed by atoms with Gasteiger partial charge in [-0.1, -0.05) is 24.9 Å². The molecule has 0 aromatic heterocycles. The van der Waals surface area contributed by atoms with Crippen LogP contribution in [0.2, 0.25) is 5.02 Å². The number of amides is 1. The fraction of sp³-hybridized carbons (Fsp3) is 0.462. The number of carbonyl (C=O) groups excluding carboxylic acids is 1. The maximum atomic E-state index is 11.5. The van der Waals surface area contributed by atoms with Crippen molar-refractivity contribution in [2.24, 2.45) is 0 Å². The summed E-state index contributed by atoms with van der Waals surface area (Å²) in [6.45, 7) is 2.51. The zero-order valence-corrected chi connectivity index (χ0v) is 11.8. The number of carbonyl (C=O) groups is 1. The summed E-state index contributed by atoms with van der Waals surface area (Å²) in [6, 6.07) is 6.86. The van der Waals surface area contributed by atoms with Gasteiger partial charge in [0.2, 0.25) is 0 Å². The second-order valence-corrected chi connectivity index (χ2v) is 4.99. The number of hydrogen-bond donors (Lipinski definition) is 1. The summed E-state index contributed by atoms with van der Waals surface area (Å²) >= 11 is 11.7. The fourth-order valence-electron chi connectivity index (χ4n) is 1.37. The van der Waals surface area contributed by atoms with E-state index in [1.165, 1.54) is 0 Å². The molecule has 0 bridgehead atoms. The lowest BCUT2D eigenvalue weighted by molar-refractivity contribution is -0.123. The Bertz CT molecular complexity index is 368. The van der Waals surface area contributed by atoms with Crippen LogP contribution in [0.4, 0.5) is 0 Å².